The van der Waals surface area contributed by atoms with Gasteiger partial charge < -0.3 is 14.7 Å². The first-order valence-electron chi connectivity index (χ1n) is 12.4. The van der Waals surface area contributed by atoms with Gasteiger partial charge in [-0.15, -0.1) is 0 Å². The van der Waals surface area contributed by atoms with E-state index >= 15 is 0 Å². The molecule has 6 heteroatoms. The molecule has 6 nitrogen and oxygen atoms in total. The lowest BCUT2D eigenvalue weighted by Gasteiger charge is -2.27. The van der Waals surface area contributed by atoms with E-state index < -0.39 is 17.7 Å². The molecule has 1 heterocycles. The van der Waals surface area contributed by atoms with Crippen LogP contribution in [0.4, 0.5) is 11.4 Å². The Bertz CT molecular complexity index is 1390. The lowest BCUT2D eigenvalue weighted by molar-refractivity contribution is -0.132. The van der Waals surface area contributed by atoms with Crippen LogP contribution in [-0.2, 0) is 9.59 Å². The molecule has 3 aromatic carbocycles. The van der Waals surface area contributed by atoms with Crippen LogP contribution in [0.3, 0.4) is 0 Å². The maximum atomic E-state index is 13.6. The summed E-state index contributed by atoms with van der Waals surface area (Å²) in [6.45, 7) is 7.89. The van der Waals surface area contributed by atoms with Gasteiger partial charge in [-0.25, -0.2) is 0 Å². The number of carbonyl (C=O) groups is 2. The minimum Gasteiger partial charge on any atom is -0.507 e. The monoisotopic (exact) mass is 498 g/mol. The van der Waals surface area contributed by atoms with Gasteiger partial charge in [0.25, 0.3) is 11.7 Å². The number of aliphatic hydroxyl groups is 1. The Kier molecular flexibility index (Phi) is 7.12. The number of Topliss-reactive ketones (excluding diaryl/α,β-unsaturated/α-hetero) is 1. The average molecular weight is 499 g/mol. The number of anilines is 2. The summed E-state index contributed by atoms with van der Waals surface area (Å²) in [6, 6.07) is 18.1. The Morgan fingerprint density at radius 1 is 0.973 bits per heavy atom. The molecular formula is C31H34N2O4. The zero-order valence-electron chi connectivity index (χ0n) is 22.5. The Morgan fingerprint density at radius 3 is 2.19 bits per heavy atom. The topological polar surface area (TPSA) is 70.1 Å². The summed E-state index contributed by atoms with van der Waals surface area (Å²) in [6.07, 6.45) is 0. The van der Waals surface area contributed by atoms with Gasteiger partial charge >= 0.3 is 0 Å². The number of carbonyl (C=O) groups excluding carboxylic acids is 2. The highest BCUT2D eigenvalue weighted by Crippen LogP contribution is 2.44. The summed E-state index contributed by atoms with van der Waals surface area (Å²) in [5.74, 6) is -0.694. The second kappa shape index (κ2) is 10.1. The third-order valence-corrected chi connectivity index (χ3v) is 7.03. The molecular weight excluding hydrogens is 464 g/mol. The molecule has 0 radical (unpaired) electrons. The van der Waals surface area contributed by atoms with E-state index in [1.165, 1.54) is 4.90 Å². The molecule has 1 aliphatic heterocycles. The van der Waals surface area contributed by atoms with Crippen LogP contribution in [0, 0.1) is 13.8 Å². The SMILES string of the molecule is COc1cc(C)c(/C(O)=C2\C(=O)C(=O)N(c3ccc(N(C)C)cc3)C2c2ccccc2C)cc1C(C)C. The van der Waals surface area contributed by atoms with Crippen LogP contribution in [0.15, 0.2) is 66.2 Å². The van der Waals surface area contributed by atoms with E-state index in [0.29, 0.717) is 11.3 Å². The number of aliphatic hydroxyl groups excluding tert-OH is 1. The maximum Gasteiger partial charge on any atom is 0.300 e. The van der Waals surface area contributed by atoms with Crippen molar-refractivity contribution in [3.8, 4) is 5.75 Å². The molecule has 192 valence electrons. The molecule has 1 amide bonds. The van der Waals surface area contributed by atoms with Crippen molar-refractivity contribution in [2.24, 2.45) is 0 Å². The highest BCUT2D eigenvalue weighted by atomic mass is 16.5. The van der Waals surface area contributed by atoms with Crippen molar-refractivity contribution >= 4 is 28.8 Å². The lowest BCUT2D eigenvalue weighted by atomic mass is 9.89. The zero-order valence-corrected chi connectivity index (χ0v) is 22.5. The van der Waals surface area contributed by atoms with Crippen molar-refractivity contribution in [2.45, 2.75) is 39.7 Å². The van der Waals surface area contributed by atoms with Gasteiger partial charge in [0, 0.05) is 31.0 Å². The van der Waals surface area contributed by atoms with E-state index in [1.807, 2.05) is 107 Å². The predicted molar refractivity (Wildman–Crippen MR) is 149 cm³/mol. The summed E-state index contributed by atoms with van der Waals surface area (Å²) in [5, 5.41) is 11.7. The molecule has 0 aromatic heterocycles. The van der Waals surface area contributed by atoms with E-state index in [1.54, 1.807) is 7.11 Å². The summed E-state index contributed by atoms with van der Waals surface area (Å²) in [5.41, 5.74) is 5.54. The van der Waals surface area contributed by atoms with Gasteiger partial charge in [0.2, 0.25) is 0 Å². The molecule has 1 atom stereocenters. The second-order valence-electron chi connectivity index (χ2n) is 10.0. The van der Waals surface area contributed by atoms with E-state index in [0.717, 1.165) is 33.7 Å². The standard InChI is InChI=1S/C31H34N2O4/c1-18(2)24-17-25(20(4)16-26(24)37-7)29(34)27-28(23-11-9-8-10-19(23)3)33(31(36)30(27)35)22-14-12-21(13-15-22)32(5)6/h8-18,28,34H,1-7H3/b29-27+. The minimum absolute atomic E-state index is 0.0824. The van der Waals surface area contributed by atoms with Gasteiger partial charge in [0.05, 0.1) is 18.7 Å². The van der Waals surface area contributed by atoms with E-state index in [4.69, 9.17) is 4.74 Å². The van der Waals surface area contributed by atoms with E-state index in [2.05, 4.69) is 0 Å². The molecule has 0 bridgehead atoms. The highest BCUT2D eigenvalue weighted by Gasteiger charge is 2.47. The fourth-order valence-corrected chi connectivity index (χ4v) is 4.92. The number of benzene rings is 3. The zero-order chi connectivity index (χ0) is 27.0. The molecule has 4 rings (SSSR count). The van der Waals surface area contributed by atoms with Gasteiger partial charge in [0.1, 0.15) is 11.5 Å². The first-order valence-corrected chi connectivity index (χ1v) is 12.4. The van der Waals surface area contributed by atoms with Crippen molar-refractivity contribution in [1.29, 1.82) is 0 Å². The Hall–Kier alpha value is -4.06. The first-order chi connectivity index (χ1) is 17.6. The molecule has 1 N–H and O–H groups in total. The molecule has 1 saturated heterocycles. The van der Waals surface area contributed by atoms with Crippen LogP contribution in [0.25, 0.3) is 5.76 Å². The van der Waals surface area contributed by atoms with Crippen LogP contribution in [0.5, 0.6) is 5.75 Å². The van der Waals surface area contributed by atoms with Crippen LogP contribution in [-0.4, -0.2) is 38.0 Å². The Morgan fingerprint density at radius 2 is 1.62 bits per heavy atom. The van der Waals surface area contributed by atoms with Crippen molar-refractivity contribution < 1.29 is 19.4 Å². The number of nitrogens with zero attached hydrogens (tertiary/aromatic N) is 2. The summed E-state index contributed by atoms with van der Waals surface area (Å²) in [7, 11) is 5.50. The number of ether oxygens (including phenoxy) is 1. The fraction of sp³-hybridized carbons (Fsp3) is 0.290. The number of amides is 1. The molecule has 1 unspecified atom stereocenters. The van der Waals surface area contributed by atoms with Crippen LogP contribution >= 0.6 is 0 Å². The van der Waals surface area contributed by atoms with Gasteiger partial charge in [-0.3, -0.25) is 14.5 Å². The van der Waals surface area contributed by atoms with Gasteiger partial charge in [-0.2, -0.15) is 0 Å². The molecule has 37 heavy (non-hydrogen) atoms. The molecule has 0 aliphatic carbocycles. The lowest BCUT2D eigenvalue weighted by Crippen LogP contribution is -2.29. The van der Waals surface area contributed by atoms with Crippen LogP contribution in [0.2, 0.25) is 0 Å². The number of hydrogen-bond acceptors (Lipinski definition) is 5. The third kappa shape index (κ3) is 4.59. The second-order valence-corrected chi connectivity index (χ2v) is 10.0. The molecule has 0 spiro atoms. The summed E-state index contributed by atoms with van der Waals surface area (Å²) in [4.78, 5) is 30.6. The average Bonchev–Trinajstić information content (AvgIpc) is 3.13. The van der Waals surface area contributed by atoms with Crippen LogP contribution < -0.4 is 14.5 Å². The van der Waals surface area contributed by atoms with Crippen molar-refractivity contribution in [3.05, 3.63) is 94.1 Å². The van der Waals surface area contributed by atoms with Gasteiger partial charge in [-0.1, -0.05) is 38.1 Å². The molecule has 1 fully saturated rings. The maximum absolute atomic E-state index is 13.6. The third-order valence-electron chi connectivity index (χ3n) is 7.03. The summed E-state index contributed by atoms with van der Waals surface area (Å²) < 4.78 is 5.56. The minimum atomic E-state index is -0.768. The number of aryl methyl sites for hydroxylation is 2. The first kappa shape index (κ1) is 26.0. The smallest absolute Gasteiger partial charge is 0.300 e. The van der Waals surface area contributed by atoms with Gasteiger partial charge in [0.15, 0.2) is 0 Å². The fourth-order valence-electron chi connectivity index (χ4n) is 4.92. The number of hydrogen-bond donors (Lipinski definition) is 1. The molecule has 0 saturated carbocycles. The molecule has 1 aliphatic rings. The van der Waals surface area contributed by atoms with Crippen LogP contribution in [0.1, 0.15) is 53.6 Å². The normalized spacial score (nSPS) is 17.0. The Balaban J connectivity index is 1.98. The number of ketones is 1. The van der Waals surface area contributed by atoms with Crippen molar-refractivity contribution in [2.75, 3.05) is 31.0 Å². The van der Waals surface area contributed by atoms with Crippen molar-refractivity contribution in [1.82, 2.24) is 0 Å². The molecule has 3 aromatic rings. The van der Waals surface area contributed by atoms with Gasteiger partial charge in [-0.05, 0) is 78.4 Å². The summed E-state index contributed by atoms with van der Waals surface area (Å²) >= 11 is 0. The Labute approximate surface area is 218 Å². The largest absolute Gasteiger partial charge is 0.507 e. The quantitative estimate of drug-likeness (QED) is 0.252. The predicted octanol–water partition coefficient (Wildman–Crippen LogP) is 6.13. The van der Waals surface area contributed by atoms with Crippen molar-refractivity contribution in [3.63, 3.8) is 0 Å². The van der Waals surface area contributed by atoms with E-state index in [9.17, 15) is 14.7 Å². The number of methoxy groups -OCH3 is 1. The number of rotatable bonds is 6. The van der Waals surface area contributed by atoms with E-state index in [-0.39, 0.29) is 17.3 Å². The highest BCUT2D eigenvalue weighted by molar-refractivity contribution is 6.51.